The van der Waals surface area contributed by atoms with Crippen molar-refractivity contribution in [2.24, 2.45) is 11.3 Å². The largest absolute Gasteiger partial charge is 0.465 e. The van der Waals surface area contributed by atoms with Crippen molar-refractivity contribution in [2.45, 2.75) is 78.9 Å². The molecule has 0 aliphatic heterocycles. The van der Waals surface area contributed by atoms with Gasteiger partial charge in [0.1, 0.15) is 5.75 Å². The molecule has 4 heteroatoms. The van der Waals surface area contributed by atoms with Crippen molar-refractivity contribution in [3.05, 3.63) is 24.3 Å². The molecule has 1 aromatic carbocycles. The Morgan fingerprint density at radius 3 is 2.46 bits per heavy atom. The highest BCUT2D eigenvalue weighted by atomic mass is 16.7. The molecule has 2 rings (SSSR count). The molecule has 4 nitrogen and oxygen atoms in total. The van der Waals surface area contributed by atoms with Crippen LogP contribution in [0, 0.1) is 11.3 Å². The third kappa shape index (κ3) is 6.64. The Kier molecular flexibility index (Phi) is 7.95. The van der Waals surface area contributed by atoms with Gasteiger partial charge in [-0.05, 0) is 49.9 Å². The van der Waals surface area contributed by atoms with E-state index in [0.29, 0.717) is 0 Å². The molecule has 0 radical (unpaired) electrons. The van der Waals surface area contributed by atoms with Crippen molar-refractivity contribution in [2.75, 3.05) is 11.9 Å². The second-order valence-corrected chi connectivity index (χ2v) is 8.06. The summed E-state index contributed by atoms with van der Waals surface area (Å²) in [6.07, 6.45) is 8.49. The minimum absolute atomic E-state index is 0.0353. The van der Waals surface area contributed by atoms with Gasteiger partial charge in [0.05, 0.1) is 6.61 Å². The first kappa shape index (κ1) is 20.8. The van der Waals surface area contributed by atoms with Crippen molar-refractivity contribution in [3.63, 3.8) is 0 Å². The maximum absolute atomic E-state index is 12.2. The fourth-order valence-electron chi connectivity index (χ4n) is 3.18. The molecule has 26 heavy (non-hydrogen) atoms. The van der Waals surface area contributed by atoms with Crippen molar-refractivity contribution < 1.29 is 14.3 Å². The normalized spacial score (nSPS) is 16.9. The lowest BCUT2D eigenvalue weighted by Gasteiger charge is -2.23. The van der Waals surface area contributed by atoms with Gasteiger partial charge in [-0.2, -0.15) is 0 Å². The standard InChI is InChI=1S/C22H35NO3/c1-5-22(3,4)21(24)23-19-11-13-20(14-12-19)26-17(2)25-16-15-18-9-7-6-8-10-18/h11-14,17-18H,5-10,15-16H2,1-4H3,(H,23,24). The molecule has 1 N–H and O–H groups in total. The highest BCUT2D eigenvalue weighted by molar-refractivity contribution is 5.94. The summed E-state index contributed by atoms with van der Waals surface area (Å²) in [5.74, 6) is 1.61. The summed E-state index contributed by atoms with van der Waals surface area (Å²) in [4.78, 5) is 12.2. The van der Waals surface area contributed by atoms with Crippen LogP contribution in [0.15, 0.2) is 24.3 Å². The van der Waals surface area contributed by atoms with Crippen LogP contribution >= 0.6 is 0 Å². The lowest BCUT2D eigenvalue weighted by Crippen LogP contribution is -2.29. The quantitative estimate of drug-likeness (QED) is 0.568. The van der Waals surface area contributed by atoms with Crippen molar-refractivity contribution >= 4 is 11.6 Å². The van der Waals surface area contributed by atoms with Gasteiger partial charge in [0, 0.05) is 11.1 Å². The van der Waals surface area contributed by atoms with Crippen molar-refractivity contribution in [3.8, 4) is 5.75 Å². The van der Waals surface area contributed by atoms with E-state index in [-0.39, 0.29) is 17.6 Å². The van der Waals surface area contributed by atoms with Gasteiger partial charge in [0.25, 0.3) is 0 Å². The maximum Gasteiger partial charge on any atom is 0.230 e. The van der Waals surface area contributed by atoms with Crippen LogP contribution in [0.3, 0.4) is 0 Å². The van der Waals surface area contributed by atoms with Gasteiger partial charge >= 0.3 is 0 Å². The van der Waals surface area contributed by atoms with Crippen LogP contribution in [0.25, 0.3) is 0 Å². The number of hydrogen-bond donors (Lipinski definition) is 1. The zero-order valence-corrected chi connectivity index (χ0v) is 16.8. The third-order valence-corrected chi connectivity index (χ3v) is 5.52. The summed E-state index contributed by atoms with van der Waals surface area (Å²) < 4.78 is 11.6. The molecule has 1 saturated carbocycles. The number of rotatable bonds is 9. The third-order valence-electron chi connectivity index (χ3n) is 5.52. The minimum atomic E-state index is -0.365. The number of nitrogens with one attached hydrogen (secondary N) is 1. The Morgan fingerprint density at radius 1 is 1.19 bits per heavy atom. The summed E-state index contributed by atoms with van der Waals surface area (Å²) in [5, 5.41) is 2.96. The number of anilines is 1. The predicted octanol–water partition coefficient (Wildman–Crippen LogP) is 5.77. The van der Waals surface area contributed by atoms with Crippen LogP contribution in [0.5, 0.6) is 5.75 Å². The summed E-state index contributed by atoms with van der Waals surface area (Å²) >= 11 is 0. The Labute approximate surface area is 158 Å². The predicted molar refractivity (Wildman–Crippen MR) is 106 cm³/mol. The Bertz CT molecular complexity index is 547. The second kappa shape index (κ2) is 9.96. The van der Waals surface area contributed by atoms with Crippen LogP contribution in [-0.4, -0.2) is 18.8 Å². The average Bonchev–Trinajstić information content (AvgIpc) is 2.64. The summed E-state index contributed by atoms with van der Waals surface area (Å²) in [6, 6.07) is 7.48. The summed E-state index contributed by atoms with van der Waals surface area (Å²) in [6.45, 7) is 8.61. The fourth-order valence-corrected chi connectivity index (χ4v) is 3.18. The molecule has 1 aliphatic rings. The van der Waals surface area contributed by atoms with E-state index in [1.807, 2.05) is 52.0 Å². The van der Waals surface area contributed by atoms with Crippen LogP contribution < -0.4 is 10.1 Å². The molecule has 1 fully saturated rings. The molecule has 1 aliphatic carbocycles. The Morgan fingerprint density at radius 2 is 1.85 bits per heavy atom. The van der Waals surface area contributed by atoms with E-state index in [0.717, 1.165) is 36.8 Å². The highest BCUT2D eigenvalue weighted by Gasteiger charge is 2.25. The SMILES string of the molecule is CCC(C)(C)C(=O)Nc1ccc(OC(C)OCCC2CCCCC2)cc1. The van der Waals surface area contributed by atoms with E-state index in [2.05, 4.69) is 5.32 Å². The molecule has 1 atom stereocenters. The lowest BCUT2D eigenvalue weighted by atomic mass is 9.87. The zero-order chi connectivity index (χ0) is 19.0. The van der Waals surface area contributed by atoms with Crippen molar-refractivity contribution in [1.82, 2.24) is 0 Å². The van der Waals surface area contributed by atoms with Gasteiger partial charge in [-0.25, -0.2) is 0 Å². The number of ether oxygens (including phenoxy) is 2. The van der Waals surface area contributed by atoms with Gasteiger partial charge in [0.15, 0.2) is 6.29 Å². The average molecular weight is 362 g/mol. The van der Waals surface area contributed by atoms with Gasteiger partial charge in [0.2, 0.25) is 5.91 Å². The number of carbonyl (C=O) groups is 1. The van der Waals surface area contributed by atoms with Gasteiger partial charge in [-0.1, -0.05) is 52.9 Å². The molecule has 0 aromatic heterocycles. The molecule has 0 spiro atoms. The van der Waals surface area contributed by atoms with E-state index in [4.69, 9.17) is 9.47 Å². The second-order valence-electron chi connectivity index (χ2n) is 8.06. The van der Waals surface area contributed by atoms with Crippen molar-refractivity contribution in [1.29, 1.82) is 0 Å². The van der Waals surface area contributed by atoms with E-state index >= 15 is 0 Å². The Hall–Kier alpha value is -1.55. The molecule has 1 aromatic rings. The first-order valence-electron chi connectivity index (χ1n) is 10.1. The molecule has 146 valence electrons. The van der Waals surface area contributed by atoms with Crippen LogP contribution in [-0.2, 0) is 9.53 Å². The van der Waals surface area contributed by atoms with E-state index < -0.39 is 0 Å². The van der Waals surface area contributed by atoms with E-state index in [9.17, 15) is 4.79 Å². The summed E-state index contributed by atoms with van der Waals surface area (Å²) in [5.41, 5.74) is 0.422. The molecule has 0 heterocycles. The first-order valence-corrected chi connectivity index (χ1v) is 10.1. The molecular formula is C22H35NO3. The molecule has 1 amide bonds. The maximum atomic E-state index is 12.2. The van der Waals surface area contributed by atoms with Crippen LogP contribution in [0.2, 0.25) is 0 Å². The molecule has 0 saturated heterocycles. The van der Waals surface area contributed by atoms with E-state index in [1.54, 1.807) is 0 Å². The monoisotopic (exact) mass is 361 g/mol. The van der Waals surface area contributed by atoms with Gasteiger partial charge in [-0.3, -0.25) is 4.79 Å². The number of hydrogen-bond acceptors (Lipinski definition) is 3. The minimum Gasteiger partial charge on any atom is -0.465 e. The molecule has 1 unspecified atom stereocenters. The molecular weight excluding hydrogens is 326 g/mol. The smallest absolute Gasteiger partial charge is 0.230 e. The van der Waals surface area contributed by atoms with E-state index in [1.165, 1.54) is 32.1 Å². The van der Waals surface area contributed by atoms with Crippen LogP contribution in [0.1, 0.15) is 72.6 Å². The first-order chi connectivity index (χ1) is 12.4. The Balaban J connectivity index is 1.72. The molecule has 0 bridgehead atoms. The number of benzene rings is 1. The van der Waals surface area contributed by atoms with Gasteiger partial charge < -0.3 is 14.8 Å². The topological polar surface area (TPSA) is 47.6 Å². The number of carbonyl (C=O) groups excluding carboxylic acids is 1. The highest BCUT2D eigenvalue weighted by Crippen LogP contribution is 2.26. The number of amides is 1. The lowest BCUT2D eigenvalue weighted by molar-refractivity contribution is -0.124. The fraction of sp³-hybridized carbons (Fsp3) is 0.682. The van der Waals surface area contributed by atoms with Gasteiger partial charge in [-0.15, -0.1) is 0 Å². The summed E-state index contributed by atoms with van der Waals surface area (Å²) in [7, 11) is 0. The van der Waals surface area contributed by atoms with Crippen LogP contribution in [0.4, 0.5) is 5.69 Å². The zero-order valence-electron chi connectivity index (χ0n) is 16.8.